The monoisotopic (exact) mass is 320 g/mol. The van der Waals surface area contributed by atoms with Gasteiger partial charge in [-0.15, -0.1) is 10.1 Å². The molecule has 0 aromatic rings. The molecule has 0 N–H and O–H groups in total. The van der Waals surface area contributed by atoms with Crippen molar-refractivity contribution >= 4 is 15.9 Å². The van der Waals surface area contributed by atoms with Crippen LogP contribution in [0.1, 0.15) is 32.1 Å². The first kappa shape index (κ1) is 12.1. The molecule has 3 unspecified atom stereocenters. The highest BCUT2D eigenvalue weighted by Crippen LogP contribution is 2.63. The van der Waals surface area contributed by atoms with Gasteiger partial charge in [0, 0.05) is 32.7 Å². The van der Waals surface area contributed by atoms with Crippen LogP contribution in [0.15, 0.2) is 0 Å². The van der Waals surface area contributed by atoms with Crippen LogP contribution in [0, 0.1) is 38.0 Å². The minimum Gasteiger partial charge on any atom is -0.307 e. The molecule has 4 bridgehead atoms. The number of alkyl halides is 1. The van der Waals surface area contributed by atoms with Crippen LogP contribution in [0.3, 0.4) is 0 Å². The van der Waals surface area contributed by atoms with Gasteiger partial charge in [-0.3, -0.25) is 10.1 Å². The maximum Gasteiger partial charge on any atom is 0.295 e. The number of hydrogen-bond donors (Lipinski definition) is 0. The van der Waals surface area contributed by atoms with Gasteiger partial charge in [0.25, 0.3) is 9.53 Å². The third kappa shape index (κ3) is 1.47. The van der Waals surface area contributed by atoms with Crippen molar-refractivity contribution in [3.05, 3.63) is 20.2 Å². The molecule has 4 aliphatic carbocycles. The van der Waals surface area contributed by atoms with Gasteiger partial charge >= 0.3 is 0 Å². The summed E-state index contributed by atoms with van der Waals surface area (Å²) in [5, 5.41) is 21.2. The van der Waals surface area contributed by atoms with E-state index in [1.165, 1.54) is 0 Å². The van der Waals surface area contributed by atoms with Gasteiger partial charge < -0.3 is 4.84 Å². The van der Waals surface area contributed by atoms with Gasteiger partial charge in [-0.05, 0) is 38.0 Å². The van der Waals surface area contributed by atoms with Crippen molar-refractivity contribution in [3.63, 3.8) is 0 Å². The van der Waals surface area contributed by atoms with Crippen LogP contribution in [0.5, 0.6) is 0 Å². The smallest absolute Gasteiger partial charge is 0.295 e. The van der Waals surface area contributed by atoms with Crippen molar-refractivity contribution in [2.45, 2.75) is 42.2 Å². The Bertz CT molecular complexity index is 412. The molecule has 4 fully saturated rings. The highest BCUT2D eigenvalue weighted by atomic mass is 79.9. The number of nitro groups is 1. The van der Waals surface area contributed by atoms with Crippen molar-refractivity contribution in [2.24, 2.45) is 17.8 Å². The summed E-state index contributed by atoms with van der Waals surface area (Å²) in [6, 6.07) is 0. The van der Waals surface area contributed by atoms with E-state index in [1.807, 2.05) is 0 Å². The lowest BCUT2D eigenvalue weighted by Gasteiger charge is -2.57. The maximum absolute atomic E-state index is 11.3. The summed E-state index contributed by atoms with van der Waals surface area (Å²) < 4.78 is -1.10. The van der Waals surface area contributed by atoms with Crippen LogP contribution in [0.2, 0.25) is 0 Å². The van der Waals surface area contributed by atoms with E-state index in [9.17, 15) is 20.2 Å². The molecule has 0 amide bonds. The van der Waals surface area contributed by atoms with Crippen molar-refractivity contribution in [3.8, 4) is 0 Å². The Labute approximate surface area is 111 Å². The lowest BCUT2D eigenvalue weighted by molar-refractivity contribution is -0.786. The molecule has 0 spiro atoms. The second-order valence-electron chi connectivity index (χ2n) is 5.83. The van der Waals surface area contributed by atoms with Gasteiger partial charge in [0.2, 0.25) is 0 Å². The summed E-state index contributed by atoms with van der Waals surface area (Å²) in [5.41, 5.74) is -0.771. The third-order valence-electron chi connectivity index (χ3n) is 4.83. The normalized spacial score (nSPS) is 49.1. The zero-order valence-electron chi connectivity index (χ0n) is 9.58. The van der Waals surface area contributed by atoms with Crippen LogP contribution in [-0.2, 0) is 4.84 Å². The highest BCUT2D eigenvalue weighted by molar-refractivity contribution is 9.10. The summed E-state index contributed by atoms with van der Waals surface area (Å²) >= 11 is 3.32. The van der Waals surface area contributed by atoms with Gasteiger partial charge in [0.15, 0.2) is 0 Å². The topological polar surface area (TPSA) is 95.5 Å². The lowest BCUT2D eigenvalue weighted by atomic mass is 9.52. The summed E-state index contributed by atoms with van der Waals surface area (Å²) in [6.45, 7) is 0. The first-order valence-electron chi connectivity index (χ1n) is 6.03. The quantitative estimate of drug-likeness (QED) is 0.343. The molecule has 4 aliphatic rings. The van der Waals surface area contributed by atoms with E-state index in [1.54, 1.807) is 0 Å². The van der Waals surface area contributed by atoms with Gasteiger partial charge in [0.1, 0.15) is 5.60 Å². The fourth-order valence-corrected chi connectivity index (χ4v) is 5.12. The number of nitrogens with zero attached hydrogens (tertiary/aromatic N) is 2. The Balaban J connectivity index is 1.93. The molecule has 18 heavy (non-hydrogen) atoms. The molecule has 0 saturated heterocycles. The minimum atomic E-state index is -1.10. The summed E-state index contributed by atoms with van der Waals surface area (Å²) in [5.74, 6) is -0.00882. The van der Waals surface area contributed by atoms with Crippen molar-refractivity contribution in [1.82, 2.24) is 0 Å². The lowest BCUT2D eigenvalue weighted by Crippen LogP contribution is -2.64. The number of rotatable bonds is 3. The zero-order valence-corrected chi connectivity index (χ0v) is 11.2. The first-order valence-corrected chi connectivity index (χ1v) is 6.82. The van der Waals surface area contributed by atoms with E-state index < -0.39 is 15.1 Å². The minimum absolute atomic E-state index is 0.168. The van der Waals surface area contributed by atoms with Gasteiger partial charge in [0.05, 0.1) is 0 Å². The number of halogens is 1. The number of hydrogen-bond acceptors (Lipinski definition) is 5. The Kier molecular flexibility index (Phi) is 2.39. The largest absolute Gasteiger partial charge is 0.307 e. The van der Waals surface area contributed by atoms with Gasteiger partial charge in [-0.1, -0.05) is 0 Å². The molecule has 0 aromatic heterocycles. The maximum atomic E-state index is 11.3. The van der Waals surface area contributed by atoms with Crippen LogP contribution in [0.25, 0.3) is 0 Å². The molecule has 0 heterocycles. The molecule has 0 aliphatic heterocycles. The molecule has 0 radical (unpaired) electrons. The first-order chi connectivity index (χ1) is 8.36. The van der Waals surface area contributed by atoms with E-state index in [0.29, 0.717) is 25.2 Å². The second-order valence-corrected chi connectivity index (χ2v) is 7.10. The highest BCUT2D eigenvalue weighted by Gasteiger charge is 2.69. The van der Waals surface area contributed by atoms with Crippen molar-refractivity contribution in [1.29, 1.82) is 0 Å². The third-order valence-corrected chi connectivity index (χ3v) is 6.41. The summed E-state index contributed by atoms with van der Waals surface area (Å²) in [6.07, 6.45) is 3.03. The molecule has 5 atom stereocenters. The summed E-state index contributed by atoms with van der Waals surface area (Å²) in [4.78, 5) is 26.6. The fourth-order valence-electron chi connectivity index (χ4n) is 4.43. The molecular weight excluding hydrogens is 308 g/mol. The average molecular weight is 321 g/mol. The zero-order chi connectivity index (χ0) is 13.1. The van der Waals surface area contributed by atoms with E-state index in [0.717, 1.165) is 12.8 Å². The predicted molar refractivity (Wildman–Crippen MR) is 63.0 cm³/mol. The molecule has 100 valence electrons. The molecule has 4 saturated carbocycles. The molecule has 0 aromatic carbocycles. The van der Waals surface area contributed by atoms with Gasteiger partial charge in [-0.25, -0.2) is 0 Å². The van der Waals surface area contributed by atoms with Crippen molar-refractivity contribution in [2.75, 3.05) is 0 Å². The van der Waals surface area contributed by atoms with E-state index >= 15 is 0 Å². The molecule has 7 nitrogen and oxygen atoms in total. The van der Waals surface area contributed by atoms with Crippen LogP contribution in [-0.4, -0.2) is 20.1 Å². The van der Waals surface area contributed by atoms with Crippen LogP contribution < -0.4 is 0 Å². The summed E-state index contributed by atoms with van der Waals surface area (Å²) in [7, 11) is 0. The molecule has 8 heteroatoms. The second kappa shape index (κ2) is 3.55. The predicted octanol–water partition coefficient (Wildman–Crippen LogP) is 2.14. The Hall–Kier alpha value is -0.920. The standard InChI is InChI=1S/C10H13BrN2O5/c11-10(12(14)15)7-1-6-2-8(10)5-9(3-6,4-7)18-13(16)17/h6-8H,1-5H2/t6?,7-,8+,9?,10?. The Morgan fingerprint density at radius 2 is 1.67 bits per heavy atom. The molecule has 4 rings (SSSR count). The SMILES string of the molecule is O=[N+]([O-])OC12CC3C[C@H](C1)C(Br)([N+](=O)[O-])[C@@H](C3)C2. The fraction of sp³-hybridized carbons (Fsp3) is 1.00. The average Bonchev–Trinajstić information content (AvgIpc) is 2.22. The van der Waals surface area contributed by atoms with Crippen LogP contribution in [0.4, 0.5) is 0 Å². The van der Waals surface area contributed by atoms with Crippen molar-refractivity contribution < 1.29 is 14.8 Å². The van der Waals surface area contributed by atoms with Gasteiger partial charge in [-0.2, -0.15) is 0 Å². The van der Waals surface area contributed by atoms with E-state index in [4.69, 9.17) is 4.84 Å². The Morgan fingerprint density at radius 1 is 1.11 bits per heavy atom. The van der Waals surface area contributed by atoms with E-state index in [-0.39, 0.29) is 16.8 Å². The van der Waals surface area contributed by atoms with E-state index in [2.05, 4.69) is 15.9 Å². The molecular formula is C10H13BrN2O5. The Morgan fingerprint density at radius 3 is 2.11 bits per heavy atom. The van der Waals surface area contributed by atoms with Crippen LogP contribution >= 0.6 is 15.9 Å².